The number of benzene rings is 2. The summed E-state index contributed by atoms with van der Waals surface area (Å²) in [7, 11) is 0. The van der Waals surface area contributed by atoms with E-state index in [1.165, 1.54) is 0 Å². The summed E-state index contributed by atoms with van der Waals surface area (Å²) in [4.78, 5) is 15.9. The van der Waals surface area contributed by atoms with Gasteiger partial charge in [-0.15, -0.1) is 0 Å². The van der Waals surface area contributed by atoms with Crippen molar-refractivity contribution in [1.29, 1.82) is 0 Å². The molecule has 0 aliphatic heterocycles. The molecule has 0 amide bonds. The molecule has 122 valence electrons. The second-order valence-corrected chi connectivity index (χ2v) is 6.49. The molecule has 1 heterocycles. The number of hydrogen-bond donors (Lipinski definition) is 0. The standard InChI is InChI=1S/C20H19NO3/c1-20(2,3)24-19(22)23-16-9-7-14(8-10-16)17-6-4-5-15-13-21-12-11-18(15)17/h4-13H,1-3H3. The van der Waals surface area contributed by atoms with Gasteiger partial charge in [0.05, 0.1) is 0 Å². The molecule has 24 heavy (non-hydrogen) atoms. The third kappa shape index (κ3) is 3.71. The highest BCUT2D eigenvalue weighted by Crippen LogP contribution is 2.29. The van der Waals surface area contributed by atoms with E-state index in [1.54, 1.807) is 39.1 Å². The fourth-order valence-electron chi connectivity index (χ4n) is 2.44. The van der Waals surface area contributed by atoms with Crippen molar-refractivity contribution < 1.29 is 14.3 Å². The van der Waals surface area contributed by atoms with E-state index >= 15 is 0 Å². The molecule has 0 N–H and O–H groups in total. The predicted molar refractivity (Wildman–Crippen MR) is 94.0 cm³/mol. The Balaban J connectivity index is 1.83. The van der Waals surface area contributed by atoms with E-state index in [4.69, 9.17) is 9.47 Å². The van der Waals surface area contributed by atoms with Gasteiger partial charge in [-0.3, -0.25) is 4.98 Å². The Morgan fingerprint density at radius 2 is 1.75 bits per heavy atom. The van der Waals surface area contributed by atoms with Crippen molar-refractivity contribution in [2.24, 2.45) is 0 Å². The van der Waals surface area contributed by atoms with Gasteiger partial charge in [0.15, 0.2) is 0 Å². The van der Waals surface area contributed by atoms with Gasteiger partial charge in [-0.1, -0.05) is 30.3 Å². The zero-order chi connectivity index (χ0) is 17.2. The fourth-order valence-corrected chi connectivity index (χ4v) is 2.44. The molecule has 0 atom stereocenters. The highest BCUT2D eigenvalue weighted by atomic mass is 16.7. The van der Waals surface area contributed by atoms with Crippen LogP contribution in [0.2, 0.25) is 0 Å². The molecular weight excluding hydrogens is 302 g/mol. The number of fused-ring (bicyclic) bond motifs is 1. The maximum Gasteiger partial charge on any atom is 0.514 e. The molecule has 0 radical (unpaired) electrons. The number of pyridine rings is 1. The summed E-state index contributed by atoms with van der Waals surface area (Å²) >= 11 is 0. The van der Waals surface area contributed by atoms with Gasteiger partial charge in [-0.25, -0.2) is 4.79 Å². The van der Waals surface area contributed by atoms with Crippen LogP contribution in [0.4, 0.5) is 4.79 Å². The van der Waals surface area contributed by atoms with Crippen LogP contribution in [0.5, 0.6) is 5.75 Å². The van der Waals surface area contributed by atoms with E-state index in [2.05, 4.69) is 11.1 Å². The first kappa shape index (κ1) is 16.0. The molecule has 0 saturated carbocycles. The Bertz CT molecular complexity index is 859. The summed E-state index contributed by atoms with van der Waals surface area (Å²) in [5.41, 5.74) is 1.58. The zero-order valence-electron chi connectivity index (χ0n) is 13.9. The lowest BCUT2D eigenvalue weighted by Crippen LogP contribution is -2.25. The smallest absolute Gasteiger partial charge is 0.428 e. The Kier molecular flexibility index (Phi) is 4.21. The number of hydrogen-bond acceptors (Lipinski definition) is 4. The van der Waals surface area contributed by atoms with Crippen molar-refractivity contribution >= 4 is 16.9 Å². The molecule has 4 nitrogen and oxygen atoms in total. The average molecular weight is 321 g/mol. The first-order chi connectivity index (χ1) is 11.4. The topological polar surface area (TPSA) is 48.4 Å². The minimum absolute atomic E-state index is 0.454. The van der Waals surface area contributed by atoms with Gasteiger partial charge in [-0.05, 0) is 55.5 Å². The molecule has 0 aliphatic carbocycles. The van der Waals surface area contributed by atoms with Crippen LogP contribution in [-0.4, -0.2) is 16.7 Å². The number of nitrogens with zero attached hydrogens (tertiary/aromatic N) is 1. The molecule has 1 aromatic heterocycles. The van der Waals surface area contributed by atoms with Gasteiger partial charge in [0.25, 0.3) is 0 Å². The van der Waals surface area contributed by atoms with Crippen LogP contribution in [0.15, 0.2) is 60.9 Å². The molecule has 3 aromatic rings. The fraction of sp³-hybridized carbons (Fsp3) is 0.200. The predicted octanol–water partition coefficient (Wildman–Crippen LogP) is 5.22. The summed E-state index contributed by atoms with van der Waals surface area (Å²) in [5.74, 6) is 0.454. The van der Waals surface area contributed by atoms with Crippen molar-refractivity contribution in [2.75, 3.05) is 0 Å². The van der Waals surface area contributed by atoms with Gasteiger partial charge in [-0.2, -0.15) is 0 Å². The first-order valence-electron chi connectivity index (χ1n) is 7.76. The van der Waals surface area contributed by atoms with Gasteiger partial charge >= 0.3 is 6.16 Å². The molecule has 0 unspecified atom stereocenters. The van der Waals surface area contributed by atoms with Crippen molar-refractivity contribution in [3.8, 4) is 16.9 Å². The Labute approximate surface area is 141 Å². The van der Waals surface area contributed by atoms with Gasteiger partial charge in [0.1, 0.15) is 11.4 Å². The van der Waals surface area contributed by atoms with Crippen LogP contribution in [-0.2, 0) is 4.74 Å². The largest absolute Gasteiger partial charge is 0.514 e. The number of carbonyl (C=O) groups is 1. The van der Waals surface area contributed by atoms with Crippen LogP contribution >= 0.6 is 0 Å². The quantitative estimate of drug-likeness (QED) is 0.480. The van der Waals surface area contributed by atoms with Crippen LogP contribution < -0.4 is 4.74 Å². The normalized spacial score (nSPS) is 11.3. The Morgan fingerprint density at radius 3 is 2.46 bits per heavy atom. The van der Waals surface area contributed by atoms with Gasteiger partial charge in [0, 0.05) is 17.8 Å². The highest BCUT2D eigenvalue weighted by Gasteiger charge is 2.18. The van der Waals surface area contributed by atoms with Crippen LogP contribution in [0.25, 0.3) is 21.9 Å². The van der Waals surface area contributed by atoms with Crippen LogP contribution in [0.3, 0.4) is 0 Å². The van der Waals surface area contributed by atoms with Crippen molar-refractivity contribution in [3.05, 3.63) is 60.9 Å². The van der Waals surface area contributed by atoms with E-state index in [-0.39, 0.29) is 0 Å². The van der Waals surface area contributed by atoms with Crippen molar-refractivity contribution in [3.63, 3.8) is 0 Å². The second kappa shape index (κ2) is 6.32. The molecule has 0 aliphatic rings. The number of rotatable bonds is 2. The maximum absolute atomic E-state index is 11.7. The summed E-state index contributed by atoms with van der Waals surface area (Å²) in [6.07, 6.45) is 2.93. The lowest BCUT2D eigenvalue weighted by molar-refractivity contribution is 0.0206. The molecule has 2 aromatic carbocycles. The van der Waals surface area contributed by atoms with E-state index in [0.29, 0.717) is 5.75 Å². The molecule has 3 rings (SSSR count). The summed E-state index contributed by atoms with van der Waals surface area (Å²) < 4.78 is 10.3. The third-order valence-electron chi connectivity index (χ3n) is 3.44. The maximum atomic E-state index is 11.7. The number of carbonyl (C=O) groups excluding carboxylic acids is 1. The molecule has 0 bridgehead atoms. The number of ether oxygens (including phenoxy) is 2. The van der Waals surface area contributed by atoms with Gasteiger partial charge in [0.2, 0.25) is 0 Å². The summed E-state index contributed by atoms with van der Waals surface area (Å²) in [6, 6.07) is 15.5. The molecule has 0 spiro atoms. The third-order valence-corrected chi connectivity index (χ3v) is 3.44. The lowest BCUT2D eigenvalue weighted by atomic mass is 9.99. The van der Waals surface area contributed by atoms with Gasteiger partial charge < -0.3 is 9.47 Å². The van der Waals surface area contributed by atoms with E-state index in [0.717, 1.165) is 21.9 Å². The van der Waals surface area contributed by atoms with E-state index in [1.807, 2.05) is 36.5 Å². The lowest BCUT2D eigenvalue weighted by Gasteiger charge is -2.18. The summed E-state index contributed by atoms with van der Waals surface area (Å²) in [6.45, 7) is 5.40. The van der Waals surface area contributed by atoms with Crippen LogP contribution in [0, 0.1) is 0 Å². The average Bonchev–Trinajstić information content (AvgIpc) is 2.53. The zero-order valence-corrected chi connectivity index (χ0v) is 13.9. The van der Waals surface area contributed by atoms with E-state index in [9.17, 15) is 4.79 Å². The highest BCUT2D eigenvalue weighted by molar-refractivity contribution is 5.96. The Hall–Kier alpha value is -2.88. The molecule has 4 heteroatoms. The summed E-state index contributed by atoms with van der Waals surface area (Å²) in [5, 5.41) is 2.22. The second-order valence-electron chi connectivity index (χ2n) is 6.49. The van der Waals surface area contributed by atoms with Crippen LogP contribution in [0.1, 0.15) is 20.8 Å². The molecular formula is C20H19NO3. The minimum atomic E-state index is -0.702. The SMILES string of the molecule is CC(C)(C)OC(=O)Oc1ccc(-c2cccc3cnccc23)cc1. The monoisotopic (exact) mass is 321 g/mol. The first-order valence-corrected chi connectivity index (χ1v) is 7.76. The number of aromatic nitrogens is 1. The van der Waals surface area contributed by atoms with Crippen molar-refractivity contribution in [1.82, 2.24) is 4.98 Å². The minimum Gasteiger partial charge on any atom is -0.428 e. The molecule has 0 fully saturated rings. The van der Waals surface area contributed by atoms with E-state index < -0.39 is 11.8 Å². The Morgan fingerprint density at radius 1 is 1.00 bits per heavy atom. The van der Waals surface area contributed by atoms with Crippen molar-refractivity contribution in [2.45, 2.75) is 26.4 Å². The molecule has 0 saturated heterocycles.